The van der Waals surface area contributed by atoms with Gasteiger partial charge in [-0.15, -0.1) is 11.8 Å². The number of halogens is 2. The molecule has 3 aromatic carbocycles. The molecule has 1 aliphatic heterocycles. The van der Waals surface area contributed by atoms with Crippen LogP contribution in [0.2, 0.25) is 0 Å². The van der Waals surface area contributed by atoms with E-state index in [0.29, 0.717) is 18.3 Å². The first kappa shape index (κ1) is 29.3. The Hall–Kier alpha value is -5.15. The summed E-state index contributed by atoms with van der Waals surface area (Å²) in [6, 6.07) is 22.3. The van der Waals surface area contributed by atoms with Crippen molar-refractivity contribution in [3.63, 3.8) is 0 Å². The van der Waals surface area contributed by atoms with Gasteiger partial charge in [0.1, 0.15) is 18.2 Å². The number of nitrogens with zero attached hydrogens (tertiary/aromatic N) is 4. The lowest BCUT2D eigenvalue weighted by Crippen LogP contribution is -2.23. The van der Waals surface area contributed by atoms with E-state index in [0.717, 1.165) is 23.5 Å². The highest BCUT2D eigenvalue weighted by atomic mass is 32.2. The molecular formula is C31H24F2N4O5S. The van der Waals surface area contributed by atoms with E-state index in [4.69, 9.17) is 19.3 Å². The predicted molar refractivity (Wildman–Crippen MR) is 155 cm³/mol. The van der Waals surface area contributed by atoms with Crippen molar-refractivity contribution in [2.24, 2.45) is 4.99 Å². The molecule has 5 rings (SSSR count). The van der Waals surface area contributed by atoms with Crippen LogP contribution in [-0.4, -0.2) is 52.7 Å². The smallest absolute Gasteiger partial charge is 0.313 e. The summed E-state index contributed by atoms with van der Waals surface area (Å²) in [6.07, 6.45) is 0. The van der Waals surface area contributed by atoms with Gasteiger partial charge in [0.05, 0.1) is 28.8 Å². The number of ether oxygens (including phenoxy) is 3. The lowest BCUT2D eigenvalue weighted by atomic mass is 10.2. The molecule has 0 saturated carbocycles. The number of hydrogen-bond acceptors (Lipinski definition) is 9. The van der Waals surface area contributed by atoms with Crippen molar-refractivity contribution in [1.29, 1.82) is 5.26 Å². The van der Waals surface area contributed by atoms with Crippen molar-refractivity contribution in [3.05, 3.63) is 101 Å². The molecule has 0 unspecified atom stereocenters. The summed E-state index contributed by atoms with van der Waals surface area (Å²) in [5.41, 5.74) is 1.77. The molecule has 9 nitrogen and oxygen atoms in total. The van der Waals surface area contributed by atoms with Crippen LogP contribution < -0.4 is 14.2 Å². The van der Waals surface area contributed by atoms with Gasteiger partial charge in [-0.25, -0.2) is 0 Å². The minimum Gasteiger partial charge on any atom is -0.485 e. The Bertz CT molecular complexity index is 1730. The number of likely N-dealkylation sites (N-methyl/N-ethyl adjacent to an activating group) is 1. The van der Waals surface area contributed by atoms with Gasteiger partial charge in [-0.05, 0) is 29.8 Å². The minimum absolute atomic E-state index is 0.0580. The maximum Gasteiger partial charge on any atom is 0.313 e. The molecule has 0 radical (unpaired) electrons. The van der Waals surface area contributed by atoms with E-state index < -0.39 is 40.0 Å². The van der Waals surface area contributed by atoms with Gasteiger partial charge in [0, 0.05) is 25.2 Å². The van der Waals surface area contributed by atoms with Crippen molar-refractivity contribution in [1.82, 2.24) is 9.88 Å². The normalized spacial score (nSPS) is 12.4. The standard InChI is InChI=1S/C31H24F2N4O5S/c1-37-13-12-35-29(37)21-8-5-9-22(15-21)41-30-26(32)28(43-18-25(38)39)27(33)31(36-30)42-24-14-20(16-34)10-11-23(24)40-17-19-6-3-2-4-7-19/h2-11,14-15H,12-13,17-18H2,1H3,(H,38,39). The number of aliphatic imine (C=N–C) groups is 1. The molecule has 4 aromatic rings. The zero-order chi connectivity index (χ0) is 30.3. The maximum absolute atomic E-state index is 15.6. The summed E-state index contributed by atoms with van der Waals surface area (Å²) in [5, 5.41) is 18.6. The largest absolute Gasteiger partial charge is 0.485 e. The number of nitriles is 1. The Kier molecular flexibility index (Phi) is 9.02. The van der Waals surface area contributed by atoms with Crippen LogP contribution in [0.3, 0.4) is 0 Å². The molecule has 12 heteroatoms. The minimum atomic E-state index is -1.28. The number of carbonyl (C=O) groups is 1. The zero-order valence-corrected chi connectivity index (χ0v) is 23.6. The monoisotopic (exact) mass is 602 g/mol. The van der Waals surface area contributed by atoms with E-state index in [-0.39, 0.29) is 29.4 Å². The lowest BCUT2D eigenvalue weighted by Gasteiger charge is -2.16. The second-order valence-corrected chi connectivity index (χ2v) is 10.3. The van der Waals surface area contributed by atoms with Gasteiger partial charge in [-0.1, -0.05) is 42.5 Å². The molecule has 0 spiro atoms. The van der Waals surface area contributed by atoms with Crippen LogP contribution in [0.5, 0.6) is 29.0 Å². The number of benzene rings is 3. The van der Waals surface area contributed by atoms with Gasteiger partial charge in [-0.3, -0.25) is 9.79 Å². The number of rotatable bonds is 11. The van der Waals surface area contributed by atoms with Crippen LogP contribution in [0, 0.1) is 23.0 Å². The molecule has 1 aliphatic rings. The van der Waals surface area contributed by atoms with Crippen molar-refractivity contribution in [3.8, 4) is 35.1 Å². The van der Waals surface area contributed by atoms with Crippen molar-refractivity contribution in [2.75, 3.05) is 25.9 Å². The van der Waals surface area contributed by atoms with Crippen LogP contribution in [0.15, 0.2) is 82.7 Å². The second-order valence-electron chi connectivity index (χ2n) is 9.27. The molecular weight excluding hydrogens is 578 g/mol. The first-order valence-electron chi connectivity index (χ1n) is 13.0. The number of aromatic nitrogens is 1. The molecule has 218 valence electrons. The Morgan fingerprint density at radius 3 is 2.49 bits per heavy atom. The van der Waals surface area contributed by atoms with Crippen molar-refractivity contribution in [2.45, 2.75) is 11.5 Å². The van der Waals surface area contributed by atoms with E-state index in [2.05, 4.69) is 9.98 Å². The van der Waals surface area contributed by atoms with Crippen LogP contribution >= 0.6 is 11.8 Å². The Morgan fingerprint density at radius 1 is 1.02 bits per heavy atom. The summed E-state index contributed by atoms with van der Waals surface area (Å²) in [5.74, 6) is -4.62. The highest BCUT2D eigenvalue weighted by Crippen LogP contribution is 2.40. The van der Waals surface area contributed by atoms with Crippen molar-refractivity contribution >= 4 is 23.6 Å². The number of carboxylic acids is 1. The molecule has 43 heavy (non-hydrogen) atoms. The number of hydrogen-bond donors (Lipinski definition) is 1. The van der Waals surface area contributed by atoms with Crippen LogP contribution in [0.4, 0.5) is 8.78 Å². The molecule has 0 bridgehead atoms. The van der Waals surface area contributed by atoms with E-state index in [1.54, 1.807) is 18.2 Å². The van der Waals surface area contributed by atoms with Crippen molar-refractivity contribution < 1.29 is 32.9 Å². The second kappa shape index (κ2) is 13.2. The topological polar surface area (TPSA) is 117 Å². The third-order valence-corrected chi connectivity index (χ3v) is 7.24. The Balaban J connectivity index is 1.51. The van der Waals surface area contributed by atoms with Gasteiger partial charge < -0.3 is 24.2 Å². The maximum atomic E-state index is 15.6. The number of amidine groups is 1. The molecule has 0 aliphatic carbocycles. The fraction of sp³-hybridized carbons (Fsp3) is 0.161. The van der Waals surface area contributed by atoms with E-state index >= 15 is 8.78 Å². The van der Waals surface area contributed by atoms with Crippen LogP contribution in [-0.2, 0) is 11.4 Å². The average molecular weight is 603 g/mol. The molecule has 0 fully saturated rings. The number of pyridine rings is 1. The number of aliphatic carboxylic acids is 1. The predicted octanol–water partition coefficient (Wildman–Crippen LogP) is 6.26. The van der Waals surface area contributed by atoms with Crippen LogP contribution in [0.1, 0.15) is 16.7 Å². The number of thioether (sulfide) groups is 1. The van der Waals surface area contributed by atoms with Gasteiger partial charge in [0.15, 0.2) is 11.5 Å². The SMILES string of the molecule is CN1CCN=C1c1cccc(Oc2nc(Oc3cc(C#N)ccc3OCc3ccccc3)c(F)c(SCC(=O)O)c2F)c1. The lowest BCUT2D eigenvalue weighted by molar-refractivity contribution is -0.133. The molecule has 1 N–H and O–H groups in total. The summed E-state index contributed by atoms with van der Waals surface area (Å²) in [6.45, 7) is 1.54. The summed E-state index contributed by atoms with van der Waals surface area (Å²) in [7, 11) is 1.90. The highest BCUT2D eigenvalue weighted by molar-refractivity contribution is 8.00. The van der Waals surface area contributed by atoms with E-state index in [1.807, 2.05) is 54.4 Å². The van der Waals surface area contributed by atoms with Gasteiger partial charge in [0.25, 0.3) is 11.8 Å². The first-order chi connectivity index (χ1) is 20.8. The fourth-order valence-corrected chi connectivity index (χ4v) is 4.84. The third-order valence-electron chi connectivity index (χ3n) is 6.20. The molecule has 2 heterocycles. The number of carboxylic acid groups (broad SMARTS) is 1. The summed E-state index contributed by atoms with van der Waals surface area (Å²) in [4.78, 5) is 21.0. The highest BCUT2D eigenvalue weighted by Gasteiger charge is 2.26. The molecule has 0 saturated heterocycles. The third kappa shape index (κ3) is 7.02. The van der Waals surface area contributed by atoms with Crippen LogP contribution in [0.25, 0.3) is 0 Å². The molecule has 1 aromatic heterocycles. The fourth-order valence-electron chi connectivity index (χ4n) is 4.15. The van der Waals surface area contributed by atoms with Gasteiger partial charge in [-0.2, -0.15) is 19.0 Å². The molecule has 0 atom stereocenters. The quantitative estimate of drug-likeness (QED) is 0.198. The Morgan fingerprint density at radius 2 is 1.79 bits per heavy atom. The van der Waals surface area contributed by atoms with Gasteiger partial charge in [0.2, 0.25) is 11.6 Å². The average Bonchev–Trinajstić information content (AvgIpc) is 3.45. The first-order valence-corrected chi connectivity index (χ1v) is 14.0. The molecule has 0 amide bonds. The summed E-state index contributed by atoms with van der Waals surface area (Å²) < 4.78 is 48.6. The zero-order valence-electron chi connectivity index (χ0n) is 22.8. The summed E-state index contributed by atoms with van der Waals surface area (Å²) >= 11 is 0.416. The van der Waals surface area contributed by atoms with Gasteiger partial charge >= 0.3 is 5.97 Å². The van der Waals surface area contributed by atoms with E-state index in [1.165, 1.54) is 18.2 Å². The Labute approximate surface area is 250 Å². The van der Waals surface area contributed by atoms with E-state index in [9.17, 15) is 10.1 Å².